The summed E-state index contributed by atoms with van der Waals surface area (Å²) in [7, 11) is 0. The van der Waals surface area contributed by atoms with Crippen molar-refractivity contribution in [3.05, 3.63) is 106 Å². The van der Waals surface area contributed by atoms with Crippen LogP contribution < -0.4 is 10.1 Å². The molecule has 1 atom stereocenters. The number of allylic oxidation sites excluding steroid dienone is 1. The number of halogens is 1. The number of rotatable bonds is 7. The largest absolute Gasteiger partial charge is 0.488 e. The second-order valence-corrected chi connectivity index (χ2v) is 7.99. The highest BCUT2D eigenvalue weighted by molar-refractivity contribution is 9.10. The molecule has 0 aromatic heterocycles. The first-order valence-electron chi connectivity index (χ1n) is 9.80. The third-order valence-corrected chi connectivity index (χ3v) is 5.36. The Kier molecular flexibility index (Phi) is 6.48. The first kappa shape index (κ1) is 20.9. The second-order valence-electron chi connectivity index (χ2n) is 7.07. The maximum atomic E-state index is 12.8. The number of ketones is 1. The summed E-state index contributed by atoms with van der Waals surface area (Å²) in [6.07, 6.45) is 2.83. The molecule has 6 heteroatoms. The summed E-state index contributed by atoms with van der Waals surface area (Å²) in [5, 5.41) is 2.72. The molecule has 1 fully saturated rings. The number of amides is 1. The molecule has 0 aliphatic carbocycles. The zero-order chi connectivity index (χ0) is 21.6. The lowest BCUT2D eigenvalue weighted by Gasteiger charge is -2.10. The van der Waals surface area contributed by atoms with Crippen LogP contribution in [-0.4, -0.2) is 18.5 Å². The van der Waals surface area contributed by atoms with Crippen molar-refractivity contribution >= 4 is 33.9 Å². The highest BCUT2D eigenvalue weighted by atomic mass is 79.9. The van der Waals surface area contributed by atoms with Crippen LogP contribution in [0.1, 0.15) is 33.1 Å². The number of benzene rings is 3. The summed E-state index contributed by atoms with van der Waals surface area (Å²) >= 11 is 3.48. The van der Waals surface area contributed by atoms with Gasteiger partial charge in [0.15, 0.2) is 5.78 Å². The number of ether oxygens (including phenoxy) is 2. The van der Waals surface area contributed by atoms with Crippen molar-refractivity contribution in [2.24, 2.45) is 0 Å². The van der Waals surface area contributed by atoms with E-state index in [1.54, 1.807) is 24.3 Å². The Morgan fingerprint density at radius 2 is 1.94 bits per heavy atom. The van der Waals surface area contributed by atoms with E-state index in [1.807, 2.05) is 54.6 Å². The van der Waals surface area contributed by atoms with Crippen molar-refractivity contribution in [2.45, 2.75) is 12.6 Å². The van der Waals surface area contributed by atoms with Gasteiger partial charge in [0.05, 0.1) is 6.04 Å². The van der Waals surface area contributed by atoms with Gasteiger partial charge in [-0.25, -0.2) is 4.79 Å². The van der Waals surface area contributed by atoms with E-state index in [4.69, 9.17) is 9.47 Å². The van der Waals surface area contributed by atoms with E-state index in [0.29, 0.717) is 17.9 Å². The fraction of sp³-hybridized carbons (Fsp3) is 0.120. The van der Waals surface area contributed by atoms with Crippen LogP contribution in [0.25, 0.3) is 6.08 Å². The minimum absolute atomic E-state index is 0.138. The average molecular weight is 478 g/mol. The van der Waals surface area contributed by atoms with Gasteiger partial charge in [0, 0.05) is 15.6 Å². The Morgan fingerprint density at radius 1 is 1.10 bits per heavy atom. The number of alkyl carbamates (subject to hydrolysis) is 1. The third-order valence-electron chi connectivity index (χ3n) is 4.87. The molecular weight excluding hydrogens is 458 g/mol. The van der Waals surface area contributed by atoms with Gasteiger partial charge in [-0.2, -0.15) is 0 Å². The molecule has 0 bridgehead atoms. The van der Waals surface area contributed by atoms with Crippen LogP contribution in [0.15, 0.2) is 83.3 Å². The summed E-state index contributed by atoms with van der Waals surface area (Å²) in [6, 6.07) is 22.5. The zero-order valence-corrected chi connectivity index (χ0v) is 18.2. The van der Waals surface area contributed by atoms with Gasteiger partial charge in [-0.3, -0.25) is 4.79 Å². The van der Waals surface area contributed by atoms with Gasteiger partial charge in [-0.05, 0) is 47.5 Å². The quantitative estimate of drug-likeness (QED) is 0.349. The van der Waals surface area contributed by atoms with Crippen molar-refractivity contribution in [3.63, 3.8) is 0 Å². The number of hydrogen-bond donors (Lipinski definition) is 1. The van der Waals surface area contributed by atoms with Crippen molar-refractivity contribution in [1.29, 1.82) is 0 Å². The average Bonchev–Trinajstić information content (AvgIpc) is 3.24. The Bertz CT molecular complexity index is 1130. The van der Waals surface area contributed by atoms with Gasteiger partial charge in [-0.1, -0.05) is 64.5 Å². The first-order chi connectivity index (χ1) is 15.1. The van der Waals surface area contributed by atoms with E-state index >= 15 is 0 Å². The zero-order valence-electron chi connectivity index (χ0n) is 16.6. The molecule has 0 radical (unpaired) electrons. The molecule has 0 spiro atoms. The highest BCUT2D eigenvalue weighted by Gasteiger charge is 2.24. The molecule has 5 nitrogen and oxygen atoms in total. The molecular formula is C25H20BrNO4. The van der Waals surface area contributed by atoms with Crippen molar-refractivity contribution in [1.82, 2.24) is 5.32 Å². The van der Waals surface area contributed by atoms with Gasteiger partial charge in [-0.15, -0.1) is 0 Å². The Labute approximate surface area is 188 Å². The first-order valence-corrected chi connectivity index (χ1v) is 10.6. The monoisotopic (exact) mass is 477 g/mol. The molecule has 0 saturated carbocycles. The maximum Gasteiger partial charge on any atom is 0.407 e. The van der Waals surface area contributed by atoms with Crippen LogP contribution >= 0.6 is 15.9 Å². The van der Waals surface area contributed by atoms with E-state index < -0.39 is 6.09 Å². The topological polar surface area (TPSA) is 64.6 Å². The van der Waals surface area contributed by atoms with Gasteiger partial charge in [0.1, 0.15) is 19.0 Å². The summed E-state index contributed by atoms with van der Waals surface area (Å²) in [5.41, 5.74) is 3.23. The fourth-order valence-corrected chi connectivity index (χ4v) is 3.63. The van der Waals surface area contributed by atoms with Gasteiger partial charge < -0.3 is 14.8 Å². The summed E-state index contributed by atoms with van der Waals surface area (Å²) in [6.45, 7) is 0.695. The number of nitrogens with one attached hydrogen (secondary N) is 1. The highest BCUT2D eigenvalue weighted by Crippen LogP contribution is 2.26. The van der Waals surface area contributed by atoms with Gasteiger partial charge in [0.25, 0.3) is 0 Å². The third kappa shape index (κ3) is 5.41. The minimum atomic E-state index is -0.445. The molecule has 0 unspecified atom stereocenters. The van der Waals surface area contributed by atoms with Crippen molar-refractivity contribution < 1.29 is 19.1 Å². The summed E-state index contributed by atoms with van der Waals surface area (Å²) in [5.74, 6) is 0.553. The second kappa shape index (κ2) is 9.62. The van der Waals surface area contributed by atoms with Crippen molar-refractivity contribution in [2.75, 3.05) is 6.61 Å². The fourth-order valence-electron chi connectivity index (χ4n) is 3.25. The molecule has 1 N–H and O–H groups in total. The van der Waals surface area contributed by atoms with Gasteiger partial charge in [0.2, 0.25) is 0 Å². The smallest absolute Gasteiger partial charge is 0.407 e. The maximum absolute atomic E-state index is 12.8. The molecule has 1 aliphatic heterocycles. The van der Waals surface area contributed by atoms with Crippen LogP contribution in [-0.2, 0) is 11.3 Å². The van der Waals surface area contributed by atoms with E-state index in [0.717, 1.165) is 21.2 Å². The van der Waals surface area contributed by atoms with Crippen LogP contribution in [0.4, 0.5) is 4.79 Å². The SMILES string of the molecule is O=C1N[C@H](c2cccc(C(=O)C=Cc3cc(Br)ccc3OCc3ccccc3)c2)CO1. The van der Waals surface area contributed by atoms with Crippen LogP contribution in [0, 0.1) is 0 Å². The van der Waals surface area contributed by atoms with E-state index in [1.165, 1.54) is 6.08 Å². The number of hydrogen-bond acceptors (Lipinski definition) is 4. The molecule has 1 saturated heterocycles. The summed E-state index contributed by atoms with van der Waals surface area (Å²) < 4.78 is 11.8. The molecule has 3 aromatic carbocycles. The van der Waals surface area contributed by atoms with E-state index in [2.05, 4.69) is 21.2 Å². The minimum Gasteiger partial charge on any atom is -0.488 e. The molecule has 1 heterocycles. The lowest BCUT2D eigenvalue weighted by Crippen LogP contribution is -2.18. The predicted octanol–water partition coefficient (Wildman–Crippen LogP) is 5.71. The Balaban J connectivity index is 1.49. The lowest BCUT2D eigenvalue weighted by molar-refractivity contribution is 0.104. The molecule has 3 aromatic rings. The molecule has 156 valence electrons. The molecule has 31 heavy (non-hydrogen) atoms. The number of carbonyl (C=O) groups is 2. The predicted molar refractivity (Wildman–Crippen MR) is 122 cm³/mol. The van der Waals surface area contributed by atoms with E-state index in [9.17, 15) is 9.59 Å². The van der Waals surface area contributed by atoms with Gasteiger partial charge >= 0.3 is 6.09 Å². The number of cyclic esters (lactones) is 1. The van der Waals surface area contributed by atoms with E-state index in [-0.39, 0.29) is 18.4 Å². The number of carbonyl (C=O) groups excluding carboxylic acids is 2. The molecule has 4 rings (SSSR count). The molecule has 1 amide bonds. The lowest BCUT2D eigenvalue weighted by atomic mass is 10.0. The summed E-state index contributed by atoms with van der Waals surface area (Å²) in [4.78, 5) is 24.0. The van der Waals surface area contributed by atoms with Crippen molar-refractivity contribution in [3.8, 4) is 5.75 Å². The van der Waals surface area contributed by atoms with Crippen LogP contribution in [0.2, 0.25) is 0 Å². The molecule has 1 aliphatic rings. The van der Waals surface area contributed by atoms with Crippen LogP contribution in [0.3, 0.4) is 0 Å². The Morgan fingerprint density at radius 3 is 2.71 bits per heavy atom. The van der Waals surface area contributed by atoms with Crippen LogP contribution in [0.5, 0.6) is 5.75 Å². The normalized spacial score (nSPS) is 15.5. The standard InChI is InChI=1S/C25H20BrNO4/c26-21-10-12-24(30-15-17-5-2-1-3-6-17)20(14-21)9-11-23(28)19-8-4-7-18(13-19)22-16-31-25(29)27-22/h1-14,22H,15-16H2,(H,27,29)/t22-/m0/s1. The Hall–Kier alpha value is -3.38.